The van der Waals surface area contributed by atoms with Crippen LogP contribution in [0.1, 0.15) is 26.7 Å². The van der Waals surface area contributed by atoms with Crippen LogP contribution < -0.4 is 15.8 Å². The van der Waals surface area contributed by atoms with Crippen LogP contribution in [0, 0.1) is 3.57 Å². The predicted molar refractivity (Wildman–Crippen MR) is 122 cm³/mol. The lowest BCUT2D eigenvalue weighted by Gasteiger charge is -2.16. The molecule has 0 amide bonds. The molecular weight excluding hydrogens is 487 g/mol. The van der Waals surface area contributed by atoms with E-state index in [-0.39, 0.29) is 0 Å². The molecule has 0 radical (unpaired) electrons. The third-order valence-corrected chi connectivity index (χ3v) is 6.98. The van der Waals surface area contributed by atoms with Crippen LogP contribution in [0.3, 0.4) is 0 Å². The van der Waals surface area contributed by atoms with E-state index in [0.29, 0.717) is 17.4 Å². The maximum absolute atomic E-state index is 6.05. The van der Waals surface area contributed by atoms with E-state index in [4.69, 9.17) is 15.5 Å². The number of fused-ring (bicyclic) bond motifs is 1. The molecule has 9 heteroatoms. The number of nitrogens with two attached hydrogens (primary N) is 1. The number of nitrogens with one attached hydrogen (secondary N) is 1. The van der Waals surface area contributed by atoms with Gasteiger partial charge in [0.05, 0.1) is 7.11 Å². The first-order chi connectivity index (χ1) is 13.6. The second-order valence-electron chi connectivity index (χ2n) is 6.34. The average molecular weight is 512 g/mol. The molecule has 7 nitrogen and oxygen atoms in total. The van der Waals surface area contributed by atoms with E-state index < -0.39 is 0 Å². The van der Waals surface area contributed by atoms with Gasteiger partial charge in [0.15, 0.2) is 22.1 Å². The molecular formula is C19H25IN6OS. The summed E-state index contributed by atoms with van der Waals surface area (Å²) in [4.78, 5) is 14.4. The van der Waals surface area contributed by atoms with Gasteiger partial charge in [-0.2, -0.15) is 0 Å². The number of methoxy groups -OCH3 is 1. The van der Waals surface area contributed by atoms with Gasteiger partial charge < -0.3 is 20.4 Å². The van der Waals surface area contributed by atoms with Gasteiger partial charge in [-0.05, 0) is 53.6 Å². The molecule has 150 valence electrons. The number of halogens is 1. The zero-order chi connectivity index (χ0) is 20.1. The summed E-state index contributed by atoms with van der Waals surface area (Å²) < 4.78 is 8.63. The summed E-state index contributed by atoms with van der Waals surface area (Å²) in [7, 11) is 1.67. The van der Waals surface area contributed by atoms with Crippen molar-refractivity contribution in [1.29, 1.82) is 0 Å². The maximum Gasteiger partial charge on any atom is 0.175 e. The Balaban J connectivity index is 1.93. The lowest BCUT2D eigenvalue weighted by Crippen LogP contribution is -2.30. The number of benzene rings is 1. The number of hydrogen-bond acceptors (Lipinski definition) is 7. The Morgan fingerprint density at radius 1 is 1.29 bits per heavy atom. The maximum atomic E-state index is 6.05. The number of imidazole rings is 1. The molecule has 0 aliphatic heterocycles. The zero-order valence-corrected chi connectivity index (χ0v) is 19.2. The largest absolute Gasteiger partial charge is 0.497 e. The Morgan fingerprint density at radius 2 is 2.07 bits per heavy atom. The van der Waals surface area contributed by atoms with Gasteiger partial charge in [0, 0.05) is 27.6 Å². The van der Waals surface area contributed by atoms with Crippen LogP contribution in [-0.2, 0) is 6.54 Å². The Morgan fingerprint density at radius 3 is 2.79 bits per heavy atom. The molecule has 3 N–H and O–H groups in total. The van der Waals surface area contributed by atoms with Gasteiger partial charge >= 0.3 is 0 Å². The van der Waals surface area contributed by atoms with Crippen LogP contribution in [0.15, 0.2) is 34.6 Å². The summed E-state index contributed by atoms with van der Waals surface area (Å²) in [6, 6.07) is 6.54. The highest BCUT2D eigenvalue weighted by Crippen LogP contribution is 2.35. The van der Waals surface area contributed by atoms with Crippen molar-refractivity contribution in [3.63, 3.8) is 0 Å². The van der Waals surface area contributed by atoms with Crippen LogP contribution in [0.4, 0.5) is 5.82 Å². The molecule has 28 heavy (non-hydrogen) atoms. The third kappa shape index (κ3) is 4.69. The molecule has 0 saturated heterocycles. The molecule has 2 aromatic heterocycles. The lowest BCUT2D eigenvalue weighted by atomic mass is 10.2. The van der Waals surface area contributed by atoms with Gasteiger partial charge in [0.1, 0.15) is 12.1 Å². The van der Waals surface area contributed by atoms with E-state index in [1.165, 1.54) is 6.33 Å². The number of rotatable bonds is 9. The quantitative estimate of drug-likeness (QED) is 0.420. The van der Waals surface area contributed by atoms with E-state index in [0.717, 1.165) is 50.9 Å². The molecule has 1 aromatic carbocycles. The van der Waals surface area contributed by atoms with Crippen molar-refractivity contribution in [2.45, 2.75) is 49.3 Å². The van der Waals surface area contributed by atoms with Crippen LogP contribution >= 0.6 is 34.4 Å². The summed E-state index contributed by atoms with van der Waals surface area (Å²) in [5.74, 6) is 1.22. The van der Waals surface area contributed by atoms with Crippen molar-refractivity contribution in [1.82, 2.24) is 24.8 Å². The van der Waals surface area contributed by atoms with Crippen molar-refractivity contribution in [2.75, 3.05) is 19.4 Å². The van der Waals surface area contributed by atoms with E-state index >= 15 is 0 Å². The Labute approximate surface area is 183 Å². The van der Waals surface area contributed by atoms with Crippen molar-refractivity contribution in [3.8, 4) is 5.75 Å². The first kappa shape index (κ1) is 21.1. The Bertz CT molecular complexity index is 944. The molecule has 3 rings (SSSR count). The Kier molecular flexibility index (Phi) is 7.36. The molecule has 0 spiro atoms. The fraction of sp³-hybridized carbons (Fsp3) is 0.421. The van der Waals surface area contributed by atoms with Crippen molar-refractivity contribution >= 4 is 51.3 Å². The standard InChI is InChI=1S/C19H25IN6OS/c1-4-12(5-2)22-8-9-26-18-16(17(21)23-11-24-18)25-19(26)28-15-10-13(27-3)6-7-14(15)20/h6-7,10-12,22H,4-5,8-9H2,1-3H3,(H2,21,23,24). The number of ether oxygens (including phenoxy) is 1. The van der Waals surface area contributed by atoms with Gasteiger partial charge in [-0.25, -0.2) is 15.0 Å². The first-order valence-corrected chi connectivity index (χ1v) is 11.2. The van der Waals surface area contributed by atoms with Crippen molar-refractivity contribution in [3.05, 3.63) is 28.1 Å². The highest BCUT2D eigenvalue weighted by atomic mass is 127. The van der Waals surface area contributed by atoms with E-state index in [9.17, 15) is 0 Å². The molecule has 0 atom stereocenters. The highest BCUT2D eigenvalue weighted by Gasteiger charge is 2.17. The number of aromatic nitrogens is 4. The molecule has 0 saturated carbocycles. The molecule has 0 bridgehead atoms. The van der Waals surface area contributed by atoms with Gasteiger partial charge in [0.2, 0.25) is 0 Å². The highest BCUT2D eigenvalue weighted by molar-refractivity contribution is 14.1. The molecule has 3 aromatic rings. The lowest BCUT2D eigenvalue weighted by molar-refractivity contribution is 0.413. The first-order valence-electron chi connectivity index (χ1n) is 9.28. The minimum Gasteiger partial charge on any atom is -0.497 e. The molecule has 2 heterocycles. The fourth-order valence-electron chi connectivity index (χ4n) is 2.96. The minimum absolute atomic E-state index is 0.402. The second kappa shape index (κ2) is 9.75. The van der Waals surface area contributed by atoms with Gasteiger partial charge in [-0.15, -0.1) is 0 Å². The number of hydrogen-bond donors (Lipinski definition) is 2. The SMILES string of the molecule is CCC(CC)NCCn1c(Sc2cc(OC)ccc2I)nc2c(N)ncnc21. The number of nitrogens with zero attached hydrogens (tertiary/aromatic N) is 4. The topological polar surface area (TPSA) is 90.9 Å². The van der Waals surface area contributed by atoms with Crippen LogP contribution in [0.2, 0.25) is 0 Å². The van der Waals surface area contributed by atoms with E-state index in [2.05, 4.69) is 56.3 Å². The van der Waals surface area contributed by atoms with Crippen LogP contribution in [0.25, 0.3) is 11.2 Å². The molecule has 0 aliphatic rings. The summed E-state index contributed by atoms with van der Waals surface area (Å²) in [6.07, 6.45) is 3.72. The fourth-order valence-corrected chi connectivity index (χ4v) is 4.59. The average Bonchev–Trinajstić information content (AvgIpc) is 3.05. The molecule has 0 fully saturated rings. The smallest absolute Gasteiger partial charge is 0.175 e. The molecule has 0 unspecified atom stereocenters. The minimum atomic E-state index is 0.402. The van der Waals surface area contributed by atoms with E-state index in [1.807, 2.05) is 18.2 Å². The number of anilines is 1. The zero-order valence-electron chi connectivity index (χ0n) is 16.3. The van der Waals surface area contributed by atoms with Crippen LogP contribution in [0.5, 0.6) is 5.75 Å². The van der Waals surface area contributed by atoms with Crippen LogP contribution in [-0.4, -0.2) is 39.2 Å². The monoisotopic (exact) mass is 512 g/mol. The number of nitrogen functional groups attached to an aromatic ring is 1. The van der Waals surface area contributed by atoms with Gasteiger partial charge in [-0.3, -0.25) is 0 Å². The third-order valence-electron chi connectivity index (χ3n) is 4.62. The van der Waals surface area contributed by atoms with E-state index in [1.54, 1.807) is 18.9 Å². The second-order valence-corrected chi connectivity index (χ2v) is 8.51. The summed E-state index contributed by atoms with van der Waals surface area (Å²) in [6.45, 7) is 6.00. The summed E-state index contributed by atoms with van der Waals surface area (Å²) in [5, 5.41) is 4.45. The Hall–Kier alpha value is -1.59. The van der Waals surface area contributed by atoms with Gasteiger partial charge in [-0.1, -0.05) is 25.6 Å². The predicted octanol–water partition coefficient (Wildman–Crippen LogP) is 3.95. The van der Waals surface area contributed by atoms with Gasteiger partial charge in [0.25, 0.3) is 0 Å². The normalized spacial score (nSPS) is 11.5. The summed E-state index contributed by atoms with van der Waals surface area (Å²) in [5.41, 5.74) is 7.46. The van der Waals surface area contributed by atoms with Crippen molar-refractivity contribution < 1.29 is 4.74 Å². The van der Waals surface area contributed by atoms with Crippen molar-refractivity contribution in [2.24, 2.45) is 0 Å². The molecule has 0 aliphatic carbocycles. The summed E-state index contributed by atoms with van der Waals surface area (Å²) >= 11 is 3.91.